The monoisotopic (exact) mass is 400 g/mol. The van der Waals surface area contributed by atoms with Crippen LogP contribution >= 0.6 is 0 Å². The summed E-state index contributed by atoms with van der Waals surface area (Å²) in [6.07, 6.45) is 0.720. The Morgan fingerprint density at radius 1 is 1.21 bits per heavy atom. The SMILES string of the molecule is COc1ccc(-c2nnc(CN3c4ccc(S(N)(=O)=O)cc4C[C@H]3C)o2)cc1. The average Bonchev–Trinajstić information content (AvgIpc) is 3.26. The molecule has 2 aromatic carbocycles. The van der Waals surface area contributed by atoms with Crippen LogP contribution < -0.4 is 14.8 Å². The average molecular weight is 400 g/mol. The van der Waals surface area contributed by atoms with Crippen molar-refractivity contribution >= 4 is 15.7 Å². The third kappa shape index (κ3) is 3.46. The van der Waals surface area contributed by atoms with E-state index in [2.05, 4.69) is 22.0 Å². The molecule has 1 atom stereocenters. The van der Waals surface area contributed by atoms with E-state index in [0.717, 1.165) is 29.0 Å². The summed E-state index contributed by atoms with van der Waals surface area (Å²) in [6.45, 7) is 2.50. The highest BCUT2D eigenvalue weighted by Gasteiger charge is 2.28. The zero-order valence-corrected chi connectivity index (χ0v) is 16.3. The number of primary sulfonamides is 1. The zero-order valence-electron chi connectivity index (χ0n) is 15.5. The van der Waals surface area contributed by atoms with Crippen LogP contribution in [0.1, 0.15) is 18.4 Å². The van der Waals surface area contributed by atoms with Gasteiger partial charge >= 0.3 is 0 Å². The second-order valence-corrected chi connectivity index (χ2v) is 8.31. The molecule has 4 rings (SSSR count). The first-order chi connectivity index (χ1) is 13.3. The summed E-state index contributed by atoms with van der Waals surface area (Å²) in [5, 5.41) is 13.5. The van der Waals surface area contributed by atoms with Crippen LogP contribution in [0, 0.1) is 0 Å². The molecular formula is C19H20N4O4S. The van der Waals surface area contributed by atoms with E-state index in [0.29, 0.717) is 18.3 Å². The molecule has 28 heavy (non-hydrogen) atoms. The van der Waals surface area contributed by atoms with E-state index in [9.17, 15) is 8.42 Å². The Hall–Kier alpha value is -2.91. The normalized spacial score (nSPS) is 16.2. The van der Waals surface area contributed by atoms with E-state index < -0.39 is 10.0 Å². The number of nitrogens with two attached hydrogens (primary N) is 1. The van der Waals surface area contributed by atoms with Gasteiger partial charge in [0.1, 0.15) is 5.75 Å². The fourth-order valence-corrected chi connectivity index (χ4v) is 3.97. The summed E-state index contributed by atoms with van der Waals surface area (Å²) in [5.41, 5.74) is 2.70. The van der Waals surface area contributed by atoms with E-state index in [-0.39, 0.29) is 10.9 Å². The van der Waals surface area contributed by atoms with Gasteiger partial charge in [0.25, 0.3) is 0 Å². The van der Waals surface area contributed by atoms with Gasteiger partial charge < -0.3 is 14.1 Å². The van der Waals surface area contributed by atoms with E-state index in [1.54, 1.807) is 19.2 Å². The Kier molecular flexibility index (Phi) is 4.56. The van der Waals surface area contributed by atoms with Gasteiger partial charge in [0.05, 0.1) is 18.6 Å². The zero-order chi connectivity index (χ0) is 19.9. The van der Waals surface area contributed by atoms with Crippen LogP contribution in [0.4, 0.5) is 5.69 Å². The number of rotatable bonds is 5. The summed E-state index contributed by atoms with van der Waals surface area (Å²) in [6, 6.07) is 12.5. The number of sulfonamides is 1. The molecular weight excluding hydrogens is 380 g/mol. The predicted molar refractivity (Wildman–Crippen MR) is 103 cm³/mol. The van der Waals surface area contributed by atoms with Crippen molar-refractivity contribution in [2.45, 2.75) is 30.8 Å². The minimum absolute atomic E-state index is 0.125. The number of anilines is 1. The summed E-state index contributed by atoms with van der Waals surface area (Å²) in [5.74, 6) is 1.68. The summed E-state index contributed by atoms with van der Waals surface area (Å²) in [7, 11) is -2.11. The number of methoxy groups -OCH3 is 1. The van der Waals surface area contributed by atoms with Gasteiger partial charge in [-0.3, -0.25) is 0 Å². The Balaban J connectivity index is 1.56. The third-order valence-corrected chi connectivity index (χ3v) is 5.76. The molecule has 0 amide bonds. The third-order valence-electron chi connectivity index (χ3n) is 4.85. The van der Waals surface area contributed by atoms with Gasteiger partial charge in [-0.05, 0) is 61.4 Å². The second-order valence-electron chi connectivity index (χ2n) is 6.75. The van der Waals surface area contributed by atoms with Crippen molar-refractivity contribution in [1.82, 2.24) is 10.2 Å². The van der Waals surface area contributed by atoms with Gasteiger partial charge in [0.2, 0.25) is 21.8 Å². The van der Waals surface area contributed by atoms with Crippen molar-refractivity contribution in [1.29, 1.82) is 0 Å². The van der Waals surface area contributed by atoms with Crippen molar-refractivity contribution in [3.63, 3.8) is 0 Å². The van der Waals surface area contributed by atoms with Gasteiger partial charge in [-0.15, -0.1) is 10.2 Å². The van der Waals surface area contributed by atoms with Crippen LogP contribution in [0.3, 0.4) is 0 Å². The van der Waals surface area contributed by atoms with E-state index in [1.165, 1.54) is 6.07 Å². The summed E-state index contributed by atoms with van der Waals surface area (Å²) >= 11 is 0. The lowest BCUT2D eigenvalue weighted by atomic mass is 10.1. The molecule has 0 unspecified atom stereocenters. The van der Waals surface area contributed by atoms with Crippen molar-refractivity contribution in [2.75, 3.05) is 12.0 Å². The molecule has 0 fully saturated rings. The summed E-state index contributed by atoms with van der Waals surface area (Å²) < 4.78 is 34.2. The molecule has 0 aliphatic carbocycles. The van der Waals surface area contributed by atoms with Crippen LogP contribution in [0.2, 0.25) is 0 Å². The number of hydrogen-bond donors (Lipinski definition) is 1. The largest absolute Gasteiger partial charge is 0.497 e. The van der Waals surface area contributed by atoms with Gasteiger partial charge in [-0.2, -0.15) is 0 Å². The number of benzene rings is 2. The minimum atomic E-state index is -3.72. The fraction of sp³-hybridized carbons (Fsp3) is 0.263. The maximum absolute atomic E-state index is 11.6. The smallest absolute Gasteiger partial charge is 0.247 e. The highest BCUT2D eigenvalue weighted by atomic mass is 32.2. The molecule has 3 aromatic rings. The van der Waals surface area contributed by atoms with Crippen LogP contribution in [0.25, 0.3) is 11.5 Å². The molecule has 146 valence electrons. The first-order valence-electron chi connectivity index (χ1n) is 8.74. The van der Waals surface area contributed by atoms with Crippen molar-refractivity contribution < 1.29 is 17.6 Å². The van der Waals surface area contributed by atoms with Crippen molar-refractivity contribution in [3.05, 3.63) is 53.9 Å². The number of aromatic nitrogens is 2. The minimum Gasteiger partial charge on any atom is -0.497 e. The Morgan fingerprint density at radius 3 is 2.64 bits per heavy atom. The summed E-state index contributed by atoms with van der Waals surface area (Å²) in [4.78, 5) is 2.24. The molecule has 0 spiro atoms. The van der Waals surface area contributed by atoms with Crippen LogP contribution in [0.5, 0.6) is 5.75 Å². The highest BCUT2D eigenvalue weighted by molar-refractivity contribution is 7.89. The van der Waals surface area contributed by atoms with Crippen molar-refractivity contribution in [3.8, 4) is 17.2 Å². The molecule has 0 saturated carbocycles. The lowest BCUT2D eigenvalue weighted by molar-refractivity contribution is 0.415. The fourth-order valence-electron chi connectivity index (χ4n) is 3.40. The Morgan fingerprint density at radius 2 is 1.96 bits per heavy atom. The molecule has 0 bridgehead atoms. The maximum atomic E-state index is 11.6. The molecule has 0 saturated heterocycles. The van der Waals surface area contributed by atoms with Gasteiger partial charge in [-0.1, -0.05) is 0 Å². The molecule has 2 heterocycles. The molecule has 1 aromatic heterocycles. The molecule has 1 aliphatic rings. The van der Waals surface area contributed by atoms with Crippen LogP contribution in [0.15, 0.2) is 51.8 Å². The number of nitrogens with zero attached hydrogens (tertiary/aromatic N) is 3. The van der Waals surface area contributed by atoms with E-state index in [1.807, 2.05) is 24.3 Å². The Labute approximate surface area is 163 Å². The number of ether oxygens (including phenoxy) is 1. The van der Waals surface area contributed by atoms with Crippen LogP contribution in [-0.2, 0) is 23.0 Å². The first-order valence-corrected chi connectivity index (χ1v) is 10.3. The predicted octanol–water partition coefficient (Wildman–Crippen LogP) is 2.34. The highest BCUT2D eigenvalue weighted by Crippen LogP contribution is 2.35. The molecule has 9 heteroatoms. The number of hydrogen-bond acceptors (Lipinski definition) is 7. The molecule has 8 nitrogen and oxygen atoms in total. The van der Waals surface area contributed by atoms with Crippen molar-refractivity contribution in [2.24, 2.45) is 5.14 Å². The topological polar surface area (TPSA) is 112 Å². The maximum Gasteiger partial charge on any atom is 0.247 e. The molecule has 1 aliphatic heterocycles. The second kappa shape index (κ2) is 6.92. The lowest BCUT2D eigenvalue weighted by Gasteiger charge is -2.22. The first kappa shape index (κ1) is 18.5. The quantitative estimate of drug-likeness (QED) is 0.699. The van der Waals surface area contributed by atoms with Gasteiger partial charge in [0.15, 0.2) is 0 Å². The van der Waals surface area contributed by atoms with E-state index in [4.69, 9.17) is 14.3 Å². The van der Waals surface area contributed by atoms with Gasteiger partial charge in [-0.25, -0.2) is 13.6 Å². The Bertz CT molecular complexity index is 1110. The molecule has 0 radical (unpaired) electrons. The van der Waals surface area contributed by atoms with Gasteiger partial charge in [0, 0.05) is 17.3 Å². The standard InChI is InChI=1S/C19H20N4O4S/c1-12-9-14-10-16(28(20,24)25)7-8-17(14)23(12)11-18-21-22-19(27-18)13-3-5-15(26-2)6-4-13/h3-8,10,12H,9,11H2,1-2H3,(H2,20,24,25)/t12-/m1/s1. The molecule has 2 N–H and O–H groups in total. The lowest BCUT2D eigenvalue weighted by Crippen LogP contribution is -2.28. The van der Waals surface area contributed by atoms with E-state index >= 15 is 0 Å². The number of fused-ring (bicyclic) bond motifs is 1. The van der Waals surface area contributed by atoms with Crippen LogP contribution in [-0.4, -0.2) is 31.8 Å².